The van der Waals surface area contributed by atoms with Crippen molar-refractivity contribution in [2.24, 2.45) is 5.73 Å². The number of nitrogens with two attached hydrogens (primary N) is 1. The normalized spacial score (nSPS) is 11.9. The van der Waals surface area contributed by atoms with Crippen LogP contribution in [-0.2, 0) is 6.42 Å². The van der Waals surface area contributed by atoms with Crippen LogP contribution in [0, 0.1) is 0 Å². The number of aromatic nitrogens is 3. The number of rotatable bonds is 3. The summed E-state index contributed by atoms with van der Waals surface area (Å²) >= 11 is 0. The highest BCUT2D eigenvalue weighted by molar-refractivity contribution is 4.85. The summed E-state index contributed by atoms with van der Waals surface area (Å²) in [7, 11) is 0. The molecule has 0 unspecified atom stereocenters. The zero-order valence-corrected chi connectivity index (χ0v) is 7.35. The Labute approximate surface area is 70.4 Å². The van der Waals surface area contributed by atoms with E-state index in [9.17, 15) is 4.79 Å². The Morgan fingerprint density at radius 2 is 2.25 bits per heavy atom. The molecule has 0 aliphatic carbocycles. The van der Waals surface area contributed by atoms with Gasteiger partial charge in [-0.15, -0.1) is 0 Å². The predicted octanol–water partition coefficient (Wildman–Crippen LogP) is -0.232. The summed E-state index contributed by atoms with van der Waals surface area (Å²) in [6.45, 7) is 3.88. The molecule has 68 valence electrons. The molecule has 0 spiro atoms. The van der Waals surface area contributed by atoms with Crippen LogP contribution in [0.2, 0.25) is 0 Å². The van der Waals surface area contributed by atoms with Gasteiger partial charge in [-0.1, -0.05) is 0 Å². The second-order valence-electron chi connectivity index (χ2n) is 3.61. The first-order valence-electron chi connectivity index (χ1n) is 3.90. The van der Waals surface area contributed by atoms with Gasteiger partial charge in [-0.3, -0.25) is 4.98 Å². The third kappa shape index (κ3) is 2.87. The number of nitrogens with one attached hydrogen (secondary N) is 2. The van der Waals surface area contributed by atoms with E-state index in [1.54, 1.807) is 0 Å². The summed E-state index contributed by atoms with van der Waals surface area (Å²) in [6.07, 6.45) is 1.50. The predicted molar refractivity (Wildman–Crippen MR) is 45.8 cm³/mol. The molecule has 5 heteroatoms. The Bertz CT molecular complexity index is 293. The zero-order chi connectivity index (χ0) is 9.19. The van der Waals surface area contributed by atoms with Crippen molar-refractivity contribution in [3.63, 3.8) is 0 Å². The molecule has 0 aromatic carbocycles. The quantitative estimate of drug-likeness (QED) is 0.585. The molecule has 0 aliphatic rings. The van der Waals surface area contributed by atoms with Crippen molar-refractivity contribution in [2.45, 2.75) is 32.2 Å². The van der Waals surface area contributed by atoms with E-state index in [1.807, 2.05) is 13.8 Å². The lowest BCUT2D eigenvalue weighted by Crippen LogP contribution is -2.32. The molecule has 1 aromatic rings. The number of aromatic amines is 2. The van der Waals surface area contributed by atoms with Gasteiger partial charge >= 0.3 is 5.69 Å². The summed E-state index contributed by atoms with van der Waals surface area (Å²) in [4.78, 5) is 13.2. The lowest BCUT2D eigenvalue weighted by Gasteiger charge is -2.16. The minimum Gasteiger partial charge on any atom is -0.326 e. The Morgan fingerprint density at radius 3 is 2.67 bits per heavy atom. The van der Waals surface area contributed by atoms with E-state index in [0.717, 1.165) is 6.42 Å². The van der Waals surface area contributed by atoms with Crippen molar-refractivity contribution >= 4 is 0 Å². The second kappa shape index (κ2) is 3.10. The minimum absolute atomic E-state index is 0.212. The summed E-state index contributed by atoms with van der Waals surface area (Å²) in [6, 6.07) is 0. The Kier molecular flexibility index (Phi) is 2.32. The Hall–Kier alpha value is -1.10. The van der Waals surface area contributed by atoms with Crippen LogP contribution in [-0.4, -0.2) is 20.7 Å². The lowest BCUT2D eigenvalue weighted by molar-refractivity contribution is 0.471. The Morgan fingerprint density at radius 1 is 1.58 bits per heavy atom. The molecule has 1 rings (SSSR count). The summed E-state index contributed by atoms with van der Waals surface area (Å²) in [5.74, 6) is 0.665. The molecule has 0 saturated carbocycles. The third-order valence-electron chi connectivity index (χ3n) is 1.56. The fourth-order valence-corrected chi connectivity index (χ4v) is 0.864. The van der Waals surface area contributed by atoms with Crippen LogP contribution < -0.4 is 11.4 Å². The molecule has 1 aromatic heterocycles. The van der Waals surface area contributed by atoms with Crippen molar-refractivity contribution in [3.8, 4) is 0 Å². The van der Waals surface area contributed by atoms with E-state index in [0.29, 0.717) is 12.2 Å². The maximum atomic E-state index is 10.6. The van der Waals surface area contributed by atoms with E-state index in [2.05, 4.69) is 15.2 Å². The van der Waals surface area contributed by atoms with Crippen LogP contribution in [0.3, 0.4) is 0 Å². The molecule has 5 nitrogen and oxygen atoms in total. The summed E-state index contributed by atoms with van der Waals surface area (Å²) < 4.78 is 0. The average Bonchev–Trinajstić information content (AvgIpc) is 2.30. The largest absolute Gasteiger partial charge is 0.340 e. The Balaban J connectivity index is 2.49. The van der Waals surface area contributed by atoms with Crippen LogP contribution in [0.25, 0.3) is 0 Å². The number of hydrogen-bond acceptors (Lipinski definition) is 3. The third-order valence-corrected chi connectivity index (χ3v) is 1.56. The molecular weight excluding hydrogens is 156 g/mol. The van der Waals surface area contributed by atoms with E-state index < -0.39 is 0 Å². The number of aryl methyl sites for hydroxylation is 1. The molecule has 0 aliphatic heterocycles. The SMILES string of the molecule is CC(C)(N)CCc1n[nH]c(=O)[nH]1. The zero-order valence-electron chi connectivity index (χ0n) is 7.35. The van der Waals surface area contributed by atoms with Crippen LogP contribution in [0.1, 0.15) is 26.1 Å². The average molecular weight is 170 g/mol. The molecule has 1 heterocycles. The minimum atomic E-state index is -0.264. The fraction of sp³-hybridized carbons (Fsp3) is 0.714. The second-order valence-corrected chi connectivity index (χ2v) is 3.61. The van der Waals surface area contributed by atoms with Gasteiger partial charge in [0.05, 0.1) is 0 Å². The molecule has 0 atom stereocenters. The maximum Gasteiger partial charge on any atom is 0.340 e. The number of hydrogen-bond donors (Lipinski definition) is 3. The molecule has 0 amide bonds. The number of H-pyrrole nitrogens is 2. The van der Waals surface area contributed by atoms with Crippen molar-refractivity contribution in [2.75, 3.05) is 0 Å². The van der Waals surface area contributed by atoms with Gasteiger partial charge in [-0.2, -0.15) is 5.10 Å². The topological polar surface area (TPSA) is 87.6 Å². The van der Waals surface area contributed by atoms with Gasteiger partial charge in [0.1, 0.15) is 5.82 Å². The van der Waals surface area contributed by atoms with Crippen molar-refractivity contribution in [3.05, 3.63) is 16.3 Å². The van der Waals surface area contributed by atoms with Gasteiger partial charge in [0.25, 0.3) is 0 Å². The highest BCUT2D eigenvalue weighted by atomic mass is 16.1. The van der Waals surface area contributed by atoms with Gasteiger partial charge in [0.15, 0.2) is 0 Å². The molecule has 0 fully saturated rings. The lowest BCUT2D eigenvalue weighted by atomic mass is 10.0. The van der Waals surface area contributed by atoms with Crippen molar-refractivity contribution in [1.82, 2.24) is 15.2 Å². The summed E-state index contributed by atoms with van der Waals surface area (Å²) in [5, 5.41) is 6.07. The van der Waals surface area contributed by atoms with Crippen molar-refractivity contribution in [1.29, 1.82) is 0 Å². The molecule has 0 saturated heterocycles. The van der Waals surface area contributed by atoms with E-state index in [4.69, 9.17) is 5.73 Å². The first-order valence-corrected chi connectivity index (χ1v) is 3.90. The van der Waals surface area contributed by atoms with Crippen molar-refractivity contribution < 1.29 is 0 Å². The van der Waals surface area contributed by atoms with E-state index in [1.165, 1.54) is 0 Å². The molecule has 12 heavy (non-hydrogen) atoms. The smallest absolute Gasteiger partial charge is 0.326 e. The van der Waals surface area contributed by atoms with E-state index >= 15 is 0 Å². The highest BCUT2D eigenvalue weighted by Crippen LogP contribution is 2.06. The maximum absolute atomic E-state index is 10.6. The first kappa shape index (κ1) is 8.99. The highest BCUT2D eigenvalue weighted by Gasteiger charge is 2.11. The molecular formula is C7H14N4O. The van der Waals surface area contributed by atoms with Crippen LogP contribution in [0.15, 0.2) is 4.79 Å². The van der Waals surface area contributed by atoms with Gasteiger partial charge in [0, 0.05) is 12.0 Å². The standard InChI is InChI=1S/C7H14N4O/c1-7(2,8)4-3-5-9-6(12)11-10-5/h3-4,8H2,1-2H3,(H2,9,10,11,12). The first-order chi connectivity index (χ1) is 5.47. The molecule has 0 bridgehead atoms. The monoisotopic (exact) mass is 170 g/mol. The van der Waals surface area contributed by atoms with Crippen LogP contribution in [0.4, 0.5) is 0 Å². The van der Waals surface area contributed by atoms with Gasteiger partial charge in [-0.05, 0) is 20.3 Å². The fourth-order valence-electron chi connectivity index (χ4n) is 0.864. The van der Waals surface area contributed by atoms with Gasteiger partial charge in [0.2, 0.25) is 0 Å². The van der Waals surface area contributed by atoms with Gasteiger partial charge in [-0.25, -0.2) is 9.89 Å². The number of nitrogens with zero attached hydrogens (tertiary/aromatic N) is 1. The molecule has 4 N–H and O–H groups in total. The van der Waals surface area contributed by atoms with E-state index in [-0.39, 0.29) is 11.2 Å². The molecule has 0 radical (unpaired) electrons. The van der Waals surface area contributed by atoms with Crippen LogP contribution >= 0.6 is 0 Å². The summed E-state index contributed by atoms with van der Waals surface area (Å²) in [5.41, 5.74) is 5.28. The van der Waals surface area contributed by atoms with Gasteiger partial charge < -0.3 is 5.73 Å². The van der Waals surface area contributed by atoms with Crippen LogP contribution in [0.5, 0.6) is 0 Å².